The Morgan fingerprint density at radius 1 is 0.692 bits per heavy atom. The lowest BCUT2D eigenvalue weighted by Crippen LogP contribution is -2.44. The molecule has 0 radical (unpaired) electrons. The van der Waals surface area contributed by atoms with Crippen molar-refractivity contribution >= 4 is 34.4 Å². The van der Waals surface area contributed by atoms with Gasteiger partial charge in [0.2, 0.25) is 0 Å². The quantitative estimate of drug-likeness (QED) is 0.773. The maximum Gasteiger partial charge on any atom is 0.264 e. The van der Waals surface area contributed by atoms with Gasteiger partial charge in [-0.2, -0.15) is 0 Å². The molecule has 4 rings (SSSR count). The summed E-state index contributed by atoms with van der Waals surface area (Å²) in [5.74, 6) is -5.37. The van der Waals surface area contributed by atoms with E-state index in [1.807, 2.05) is 0 Å². The van der Waals surface area contributed by atoms with Crippen LogP contribution in [-0.4, -0.2) is 46.5 Å². The van der Waals surface area contributed by atoms with Crippen molar-refractivity contribution in [2.45, 2.75) is 13.8 Å². The van der Waals surface area contributed by atoms with Crippen LogP contribution in [-0.2, 0) is 0 Å². The molecule has 0 bridgehead atoms. The third-order valence-electron chi connectivity index (χ3n) is 4.81. The molecule has 0 unspecified atom stereocenters. The minimum absolute atomic E-state index is 0.0206. The van der Waals surface area contributed by atoms with Gasteiger partial charge in [-0.15, -0.1) is 0 Å². The first-order chi connectivity index (χ1) is 12.3. The van der Waals surface area contributed by atoms with Gasteiger partial charge in [0, 0.05) is 23.9 Å². The van der Waals surface area contributed by atoms with Crippen LogP contribution >= 0.6 is 0 Å². The van der Waals surface area contributed by atoms with Crippen molar-refractivity contribution in [3.8, 4) is 0 Å². The fourth-order valence-corrected chi connectivity index (χ4v) is 3.65. The molecular formula is C18H12F2N2O4. The third kappa shape index (κ3) is 1.73. The first-order valence-corrected chi connectivity index (χ1v) is 8.04. The molecule has 0 atom stereocenters. The number of benzene rings is 2. The van der Waals surface area contributed by atoms with Crippen LogP contribution in [0.3, 0.4) is 0 Å². The number of rotatable bonds is 2. The Bertz CT molecular complexity index is 1000. The van der Waals surface area contributed by atoms with Crippen LogP contribution in [0, 0.1) is 11.6 Å². The van der Waals surface area contributed by atoms with Crippen LogP contribution in [0.25, 0.3) is 10.8 Å². The van der Waals surface area contributed by atoms with E-state index < -0.39 is 46.4 Å². The second-order valence-electron chi connectivity index (χ2n) is 6.02. The number of carbonyl (C=O) groups excluding carboxylic acids is 4. The number of hydrogen-bond acceptors (Lipinski definition) is 4. The summed E-state index contributed by atoms with van der Waals surface area (Å²) in [7, 11) is 0. The number of halogens is 2. The molecule has 0 aromatic heterocycles. The smallest absolute Gasteiger partial charge is 0.264 e. The molecule has 0 fully saturated rings. The van der Waals surface area contributed by atoms with Crippen LogP contribution in [0.5, 0.6) is 0 Å². The number of nitrogens with zero attached hydrogens (tertiary/aromatic N) is 2. The third-order valence-corrected chi connectivity index (χ3v) is 4.81. The van der Waals surface area contributed by atoms with Crippen LogP contribution in [0.1, 0.15) is 55.3 Å². The highest BCUT2D eigenvalue weighted by molar-refractivity contribution is 6.33. The lowest BCUT2D eigenvalue weighted by atomic mass is 9.85. The molecule has 0 N–H and O–H groups in total. The van der Waals surface area contributed by atoms with E-state index >= 15 is 0 Å². The topological polar surface area (TPSA) is 74.8 Å². The number of amides is 4. The zero-order chi connectivity index (χ0) is 18.9. The second kappa shape index (κ2) is 5.17. The first-order valence-electron chi connectivity index (χ1n) is 8.04. The maximum atomic E-state index is 14.7. The molecule has 0 spiro atoms. The predicted octanol–water partition coefficient (Wildman–Crippen LogP) is 2.35. The predicted molar refractivity (Wildman–Crippen MR) is 85.9 cm³/mol. The van der Waals surface area contributed by atoms with Crippen LogP contribution < -0.4 is 0 Å². The van der Waals surface area contributed by atoms with Crippen molar-refractivity contribution in [2.75, 3.05) is 13.1 Å². The largest absolute Gasteiger partial charge is 0.275 e. The Morgan fingerprint density at radius 2 is 1.08 bits per heavy atom. The van der Waals surface area contributed by atoms with E-state index in [1.54, 1.807) is 6.92 Å². The molecule has 6 nitrogen and oxygen atoms in total. The van der Waals surface area contributed by atoms with Crippen LogP contribution in [0.15, 0.2) is 12.1 Å². The molecule has 132 valence electrons. The van der Waals surface area contributed by atoms with Crippen molar-refractivity contribution in [3.05, 3.63) is 46.0 Å². The van der Waals surface area contributed by atoms with E-state index in [-0.39, 0.29) is 35.0 Å². The number of carbonyl (C=O) groups is 4. The molecule has 0 aliphatic carbocycles. The average molecular weight is 358 g/mol. The van der Waals surface area contributed by atoms with Gasteiger partial charge in [-0.3, -0.25) is 29.0 Å². The molecule has 2 aliphatic rings. The van der Waals surface area contributed by atoms with Gasteiger partial charge in [0.1, 0.15) is 11.6 Å². The van der Waals surface area contributed by atoms with E-state index in [0.29, 0.717) is 0 Å². The maximum absolute atomic E-state index is 14.7. The van der Waals surface area contributed by atoms with Gasteiger partial charge in [-0.05, 0) is 26.0 Å². The lowest BCUT2D eigenvalue weighted by molar-refractivity contribution is 0.0592. The van der Waals surface area contributed by atoms with Crippen molar-refractivity contribution < 1.29 is 28.0 Å². The van der Waals surface area contributed by atoms with Gasteiger partial charge in [0.15, 0.2) is 0 Å². The SMILES string of the molecule is CCN1C(=O)c2cc(F)c3c4c(c(F)cc(c24)C1=O)C(=O)N(CC)C3=O. The van der Waals surface area contributed by atoms with E-state index in [1.165, 1.54) is 6.92 Å². The Hall–Kier alpha value is -3.16. The van der Waals surface area contributed by atoms with E-state index in [0.717, 1.165) is 21.9 Å². The van der Waals surface area contributed by atoms with E-state index in [4.69, 9.17) is 0 Å². The van der Waals surface area contributed by atoms with E-state index in [9.17, 15) is 28.0 Å². The summed E-state index contributed by atoms with van der Waals surface area (Å²) in [6.07, 6.45) is 0. The summed E-state index contributed by atoms with van der Waals surface area (Å²) >= 11 is 0. The molecule has 26 heavy (non-hydrogen) atoms. The highest BCUT2D eigenvalue weighted by atomic mass is 19.1. The van der Waals surface area contributed by atoms with Crippen molar-refractivity contribution in [3.63, 3.8) is 0 Å². The number of imide groups is 2. The molecule has 2 aromatic carbocycles. The molecule has 8 heteroatoms. The average Bonchev–Trinajstić information content (AvgIpc) is 2.59. The summed E-state index contributed by atoms with van der Waals surface area (Å²) in [6.45, 7) is 3.02. The fourth-order valence-electron chi connectivity index (χ4n) is 3.65. The van der Waals surface area contributed by atoms with Crippen LogP contribution in [0.4, 0.5) is 8.78 Å². The normalized spacial score (nSPS) is 16.2. The molecule has 2 aliphatic heterocycles. The van der Waals surface area contributed by atoms with Gasteiger partial charge < -0.3 is 0 Å². The summed E-state index contributed by atoms with van der Waals surface area (Å²) < 4.78 is 29.4. The summed E-state index contributed by atoms with van der Waals surface area (Å²) in [5, 5.41) is -0.345. The Kier molecular flexibility index (Phi) is 3.24. The Labute approximate surface area is 146 Å². The summed E-state index contributed by atoms with van der Waals surface area (Å²) in [6, 6.07) is 1.75. The van der Waals surface area contributed by atoms with Crippen LogP contribution in [0.2, 0.25) is 0 Å². The monoisotopic (exact) mass is 358 g/mol. The molecule has 4 amide bonds. The van der Waals surface area contributed by atoms with Gasteiger partial charge in [-0.25, -0.2) is 8.78 Å². The zero-order valence-electron chi connectivity index (χ0n) is 13.9. The van der Waals surface area contributed by atoms with Gasteiger partial charge in [-0.1, -0.05) is 0 Å². The standard InChI is InChI=1S/C18H12F2N2O4/c1-3-21-15(23)7-5-9(19)12-14-11(7)8(16(21)24)6-10(20)13(14)18(26)22(4-2)17(12)25/h5-6H,3-4H2,1-2H3. The van der Waals surface area contributed by atoms with E-state index in [2.05, 4.69) is 0 Å². The second-order valence-corrected chi connectivity index (χ2v) is 6.02. The minimum atomic E-state index is -1.03. The molecule has 2 aromatic rings. The van der Waals surface area contributed by atoms with Gasteiger partial charge in [0.25, 0.3) is 23.6 Å². The van der Waals surface area contributed by atoms with Crippen molar-refractivity contribution in [1.29, 1.82) is 0 Å². The lowest BCUT2D eigenvalue weighted by Gasteiger charge is -2.31. The van der Waals surface area contributed by atoms with Gasteiger partial charge >= 0.3 is 0 Å². The minimum Gasteiger partial charge on any atom is -0.275 e. The van der Waals surface area contributed by atoms with Crippen molar-refractivity contribution in [1.82, 2.24) is 9.80 Å². The highest BCUT2D eigenvalue weighted by Crippen LogP contribution is 2.40. The summed E-state index contributed by atoms with van der Waals surface area (Å²) in [4.78, 5) is 51.8. The molecule has 0 saturated heterocycles. The summed E-state index contributed by atoms with van der Waals surface area (Å²) in [5.41, 5.74) is -1.31. The Balaban J connectivity index is 2.24. The highest BCUT2D eigenvalue weighted by Gasteiger charge is 2.42. The fraction of sp³-hybridized carbons (Fsp3) is 0.222. The number of hydrogen-bond donors (Lipinski definition) is 0. The zero-order valence-corrected chi connectivity index (χ0v) is 13.9. The Morgan fingerprint density at radius 3 is 1.46 bits per heavy atom. The van der Waals surface area contributed by atoms with Gasteiger partial charge in [0.05, 0.1) is 22.3 Å². The first kappa shape index (κ1) is 16.3. The van der Waals surface area contributed by atoms with Crippen molar-refractivity contribution in [2.24, 2.45) is 0 Å². The molecular weight excluding hydrogens is 346 g/mol. The molecule has 0 saturated carbocycles. The molecule has 2 heterocycles.